The van der Waals surface area contributed by atoms with Crippen LogP contribution in [0.15, 0.2) is 12.2 Å². The standard InChI is InChI=1S/C15H25NO6/c1-7-8-9-11(21-15(5,6)20-9)10(12(17)18)16-13(19)22-14(2,3)4/h7-11H,1-6H3,(H,16,19)(H,17,18)/b8-7+/t9-,10-,11+/m0/s1. The molecular weight excluding hydrogens is 290 g/mol. The Morgan fingerprint density at radius 2 is 1.91 bits per heavy atom. The zero-order valence-electron chi connectivity index (χ0n) is 13.9. The molecule has 0 aromatic rings. The zero-order valence-corrected chi connectivity index (χ0v) is 13.9. The first-order valence-electron chi connectivity index (χ1n) is 7.16. The Bertz CT molecular complexity index is 451. The van der Waals surface area contributed by atoms with E-state index in [1.807, 2.05) is 0 Å². The molecule has 1 aliphatic rings. The average Bonchev–Trinajstić information content (AvgIpc) is 2.59. The molecule has 22 heavy (non-hydrogen) atoms. The zero-order chi connectivity index (χ0) is 17.1. The van der Waals surface area contributed by atoms with E-state index in [-0.39, 0.29) is 0 Å². The van der Waals surface area contributed by atoms with Gasteiger partial charge in [0.2, 0.25) is 0 Å². The second-order valence-electron chi connectivity index (χ2n) is 6.55. The van der Waals surface area contributed by atoms with Gasteiger partial charge in [-0.1, -0.05) is 12.2 Å². The molecule has 0 radical (unpaired) electrons. The van der Waals surface area contributed by atoms with Crippen LogP contribution in [-0.2, 0) is 19.0 Å². The fraction of sp³-hybridized carbons (Fsp3) is 0.733. The van der Waals surface area contributed by atoms with Crippen molar-refractivity contribution in [1.29, 1.82) is 0 Å². The number of carbonyl (C=O) groups excluding carboxylic acids is 1. The molecule has 3 atom stereocenters. The van der Waals surface area contributed by atoms with Crippen LogP contribution in [0, 0.1) is 0 Å². The largest absolute Gasteiger partial charge is 0.480 e. The lowest BCUT2D eigenvalue weighted by molar-refractivity contribution is -0.155. The summed E-state index contributed by atoms with van der Waals surface area (Å²) in [7, 11) is 0. The summed E-state index contributed by atoms with van der Waals surface area (Å²) >= 11 is 0. The van der Waals surface area contributed by atoms with Crippen LogP contribution in [0.2, 0.25) is 0 Å². The van der Waals surface area contributed by atoms with Crippen molar-refractivity contribution in [3.8, 4) is 0 Å². The van der Waals surface area contributed by atoms with E-state index in [1.54, 1.807) is 53.7 Å². The maximum absolute atomic E-state index is 11.8. The van der Waals surface area contributed by atoms with Gasteiger partial charge in [0.15, 0.2) is 11.8 Å². The van der Waals surface area contributed by atoms with E-state index in [1.165, 1.54) is 0 Å². The van der Waals surface area contributed by atoms with E-state index < -0.39 is 41.7 Å². The maximum Gasteiger partial charge on any atom is 0.408 e. The second-order valence-corrected chi connectivity index (χ2v) is 6.55. The van der Waals surface area contributed by atoms with Crippen molar-refractivity contribution in [3.63, 3.8) is 0 Å². The molecule has 1 aliphatic heterocycles. The van der Waals surface area contributed by atoms with E-state index in [2.05, 4.69) is 5.32 Å². The molecule has 0 aromatic heterocycles. The molecule has 0 unspecified atom stereocenters. The monoisotopic (exact) mass is 315 g/mol. The van der Waals surface area contributed by atoms with Gasteiger partial charge in [-0.05, 0) is 41.5 Å². The van der Waals surface area contributed by atoms with Crippen LogP contribution in [-0.4, -0.2) is 46.8 Å². The van der Waals surface area contributed by atoms with Gasteiger partial charge in [0.05, 0.1) is 0 Å². The van der Waals surface area contributed by atoms with E-state index >= 15 is 0 Å². The fourth-order valence-electron chi connectivity index (χ4n) is 2.13. The number of allylic oxidation sites excluding steroid dienone is 1. The number of carboxylic acid groups (broad SMARTS) is 1. The van der Waals surface area contributed by atoms with Crippen LogP contribution in [0.4, 0.5) is 4.79 Å². The Hall–Kier alpha value is -1.60. The lowest BCUT2D eigenvalue weighted by Gasteiger charge is -2.25. The van der Waals surface area contributed by atoms with Gasteiger partial charge >= 0.3 is 12.1 Å². The Labute approximate surface area is 130 Å². The number of rotatable bonds is 4. The minimum Gasteiger partial charge on any atom is -0.480 e. The van der Waals surface area contributed by atoms with Gasteiger partial charge < -0.3 is 24.6 Å². The summed E-state index contributed by atoms with van der Waals surface area (Å²) < 4.78 is 16.4. The highest BCUT2D eigenvalue weighted by molar-refractivity contribution is 5.80. The third kappa shape index (κ3) is 5.31. The second kappa shape index (κ2) is 6.66. The van der Waals surface area contributed by atoms with Crippen LogP contribution in [0.1, 0.15) is 41.5 Å². The molecule has 7 heteroatoms. The number of hydrogen-bond acceptors (Lipinski definition) is 5. The highest BCUT2D eigenvalue weighted by Crippen LogP contribution is 2.31. The van der Waals surface area contributed by atoms with Gasteiger partial charge in [-0.25, -0.2) is 9.59 Å². The Kier molecular flexibility index (Phi) is 5.59. The number of aliphatic carboxylic acids is 1. The SMILES string of the molecule is C/C=C/[C@@H]1OC(C)(C)O[C@H]1[C@H](NC(=O)OC(C)(C)C)C(=O)O. The summed E-state index contributed by atoms with van der Waals surface area (Å²) in [5.41, 5.74) is -0.720. The molecule has 0 spiro atoms. The Balaban J connectivity index is 2.90. The first-order chi connectivity index (χ1) is 9.95. The molecule has 0 aliphatic carbocycles. The number of hydrogen-bond donors (Lipinski definition) is 2. The number of nitrogens with one attached hydrogen (secondary N) is 1. The van der Waals surface area contributed by atoms with Gasteiger partial charge in [0.25, 0.3) is 0 Å². The lowest BCUT2D eigenvalue weighted by Crippen LogP contribution is -2.53. The Morgan fingerprint density at radius 1 is 1.32 bits per heavy atom. The third-order valence-electron chi connectivity index (χ3n) is 2.81. The van der Waals surface area contributed by atoms with Crippen LogP contribution < -0.4 is 5.32 Å². The Morgan fingerprint density at radius 3 is 2.36 bits per heavy atom. The van der Waals surface area contributed by atoms with Crippen LogP contribution in [0.5, 0.6) is 0 Å². The van der Waals surface area contributed by atoms with Gasteiger partial charge in [-0.3, -0.25) is 0 Å². The maximum atomic E-state index is 11.8. The molecule has 1 saturated heterocycles. The molecule has 0 bridgehead atoms. The van der Waals surface area contributed by atoms with Crippen molar-refractivity contribution < 1.29 is 28.9 Å². The van der Waals surface area contributed by atoms with Crippen molar-refractivity contribution in [2.75, 3.05) is 0 Å². The predicted octanol–water partition coefficient (Wildman–Crippen LogP) is 2.06. The minimum atomic E-state index is -1.28. The van der Waals surface area contributed by atoms with Crippen molar-refractivity contribution in [2.24, 2.45) is 0 Å². The minimum absolute atomic E-state index is 0.573. The summed E-state index contributed by atoms with van der Waals surface area (Å²) in [6.45, 7) is 10.3. The third-order valence-corrected chi connectivity index (χ3v) is 2.81. The van der Waals surface area contributed by atoms with Gasteiger partial charge in [0.1, 0.15) is 17.8 Å². The van der Waals surface area contributed by atoms with Crippen molar-refractivity contribution in [1.82, 2.24) is 5.32 Å². The summed E-state index contributed by atoms with van der Waals surface area (Å²) in [6, 6.07) is -1.28. The van der Waals surface area contributed by atoms with Gasteiger partial charge in [-0.15, -0.1) is 0 Å². The molecule has 1 rings (SSSR count). The molecule has 0 saturated carbocycles. The molecule has 126 valence electrons. The number of carboxylic acids is 1. The highest BCUT2D eigenvalue weighted by Gasteiger charge is 2.47. The molecule has 1 heterocycles. The topological polar surface area (TPSA) is 94.1 Å². The van der Waals surface area contributed by atoms with Crippen molar-refractivity contribution >= 4 is 12.1 Å². The van der Waals surface area contributed by atoms with E-state index in [9.17, 15) is 14.7 Å². The molecule has 1 amide bonds. The molecule has 0 aromatic carbocycles. The fourth-order valence-corrected chi connectivity index (χ4v) is 2.13. The van der Waals surface area contributed by atoms with E-state index in [0.717, 1.165) is 0 Å². The summed E-state index contributed by atoms with van der Waals surface area (Å²) in [5, 5.41) is 11.7. The van der Waals surface area contributed by atoms with Crippen molar-refractivity contribution in [3.05, 3.63) is 12.2 Å². The first-order valence-corrected chi connectivity index (χ1v) is 7.16. The van der Waals surface area contributed by atoms with Crippen LogP contribution >= 0.6 is 0 Å². The highest BCUT2D eigenvalue weighted by atomic mass is 16.8. The molecular formula is C15H25NO6. The summed E-state index contributed by atoms with van der Waals surface area (Å²) in [4.78, 5) is 23.4. The van der Waals surface area contributed by atoms with E-state index in [4.69, 9.17) is 14.2 Å². The number of carbonyl (C=O) groups is 2. The number of amides is 1. The first kappa shape index (κ1) is 18.4. The molecule has 2 N–H and O–H groups in total. The van der Waals surface area contributed by atoms with Crippen LogP contribution in [0.3, 0.4) is 0 Å². The van der Waals surface area contributed by atoms with Crippen LogP contribution in [0.25, 0.3) is 0 Å². The van der Waals surface area contributed by atoms with Gasteiger partial charge in [0, 0.05) is 0 Å². The number of alkyl carbamates (subject to hydrolysis) is 1. The summed E-state index contributed by atoms with van der Waals surface area (Å²) in [5.74, 6) is -2.15. The molecule has 7 nitrogen and oxygen atoms in total. The molecule has 1 fully saturated rings. The lowest BCUT2D eigenvalue weighted by atomic mass is 10.1. The van der Waals surface area contributed by atoms with Crippen molar-refractivity contribution in [2.45, 2.75) is 71.2 Å². The average molecular weight is 315 g/mol. The van der Waals surface area contributed by atoms with E-state index in [0.29, 0.717) is 0 Å². The predicted molar refractivity (Wildman–Crippen MR) is 79.4 cm³/mol. The number of ether oxygens (including phenoxy) is 3. The quantitative estimate of drug-likeness (QED) is 0.771. The van der Waals surface area contributed by atoms with Gasteiger partial charge in [-0.2, -0.15) is 0 Å². The smallest absolute Gasteiger partial charge is 0.408 e. The normalized spacial score (nSPS) is 25.9. The summed E-state index contributed by atoms with van der Waals surface area (Å²) in [6.07, 6.45) is 1.21.